The number of rotatable bonds is 8. The molecule has 0 aliphatic carbocycles. The monoisotopic (exact) mass is 310 g/mol. The summed E-state index contributed by atoms with van der Waals surface area (Å²) in [5.74, 6) is -0.0286. The second-order valence-electron chi connectivity index (χ2n) is 4.71. The second-order valence-corrected chi connectivity index (χ2v) is 5.62. The fourth-order valence-electron chi connectivity index (χ4n) is 1.83. The molecule has 1 aromatic carbocycles. The number of carbonyl (C=O) groups excluding carboxylic acids is 1. The number of thioether (sulfide) groups is 1. The van der Waals surface area contributed by atoms with Gasteiger partial charge >= 0.3 is 12.0 Å². The third-order valence-electron chi connectivity index (χ3n) is 3.10. The fraction of sp³-hybridized carbons (Fsp3) is 0.467. The van der Waals surface area contributed by atoms with E-state index in [4.69, 9.17) is 5.11 Å². The van der Waals surface area contributed by atoms with E-state index < -0.39 is 5.97 Å². The zero-order chi connectivity index (χ0) is 15.7. The van der Waals surface area contributed by atoms with Crippen molar-refractivity contribution in [1.82, 2.24) is 10.6 Å². The molecule has 0 spiro atoms. The van der Waals surface area contributed by atoms with Gasteiger partial charge in [0.25, 0.3) is 0 Å². The molecule has 0 bridgehead atoms. The molecule has 1 aromatic rings. The number of carboxylic acids is 1. The topological polar surface area (TPSA) is 78.4 Å². The Morgan fingerprint density at radius 1 is 1.29 bits per heavy atom. The van der Waals surface area contributed by atoms with Gasteiger partial charge in [-0.2, -0.15) is 11.8 Å². The number of aromatic carboxylic acids is 1. The summed E-state index contributed by atoms with van der Waals surface area (Å²) in [6, 6.07) is 6.72. The zero-order valence-electron chi connectivity index (χ0n) is 12.4. The van der Waals surface area contributed by atoms with Gasteiger partial charge in [0, 0.05) is 18.3 Å². The van der Waals surface area contributed by atoms with E-state index in [0.29, 0.717) is 13.0 Å². The summed E-state index contributed by atoms with van der Waals surface area (Å²) in [5, 5.41) is 14.6. The Balaban J connectivity index is 2.32. The molecule has 0 radical (unpaired) electrons. The minimum atomic E-state index is -0.932. The first kappa shape index (κ1) is 17.4. The van der Waals surface area contributed by atoms with E-state index in [9.17, 15) is 9.59 Å². The number of carboxylic acid groups (broad SMARTS) is 1. The molecule has 116 valence electrons. The van der Waals surface area contributed by atoms with Crippen molar-refractivity contribution in [3.05, 3.63) is 35.4 Å². The van der Waals surface area contributed by atoms with Crippen LogP contribution < -0.4 is 10.6 Å². The van der Waals surface area contributed by atoms with Gasteiger partial charge < -0.3 is 15.7 Å². The normalized spacial score (nSPS) is 11.7. The molecule has 0 saturated heterocycles. The van der Waals surface area contributed by atoms with Crippen LogP contribution in [-0.2, 0) is 6.42 Å². The number of amides is 2. The standard InChI is InChI=1S/C15H22N2O3S/c1-3-13(10-21-2)17-15(20)16-9-8-11-4-6-12(7-5-11)14(18)19/h4-7,13H,3,8-10H2,1-2H3,(H,18,19)(H2,16,17,20). The maximum absolute atomic E-state index is 11.7. The molecule has 0 heterocycles. The Morgan fingerprint density at radius 2 is 1.95 bits per heavy atom. The van der Waals surface area contributed by atoms with E-state index in [0.717, 1.165) is 17.7 Å². The van der Waals surface area contributed by atoms with Crippen LogP contribution in [0.25, 0.3) is 0 Å². The first-order valence-electron chi connectivity index (χ1n) is 6.92. The maximum atomic E-state index is 11.7. The lowest BCUT2D eigenvalue weighted by Gasteiger charge is -2.16. The first-order chi connectivity index (χ1) is 10.1. The molecular weight excluding hydrogens is 288 g/mol. The van der Waals surface area contributed by atoms with Gasteiger partial charge in [-0.25, -0.2) is 9.59 Å². The molecule has 0 aliphatic heterocycles. The van der Waals surface area contributed by atoms with Crippen molar-refractivity contribution >= 4 is 23.8 Å². The van der Waals surface area contributed by atoms with E-state index in [1.54, 1.807) is 36.0 Å². The lowest BCUT2D eigenvalue weighted by atomic mass is 10.1. The van der Waals surface area contributed by atoms with Gasteiger partial charge in [-0.15, -0.1) is 0 Å². The highest BCUT2D eigenvalue weighted by Crippen LogP contribution is 2.05. The Morgan fingerprint density at radius 3 is 2.48 bits per heavy atom. The highest BCUT2D eigenvalue weighted by Gasteiger charge is 2.09. The molecule has 6 heteroatoms. The molecule has 1 rings (SSSR count). The summed E-state index contributed by atoms with van der Waals surface area (Å²) < 4.78 is 0. The van der Waals surface area contributed by atoms with Crippen molar-refractivity contribution < 1.29 is 14.7 Å². The Kier molecular flexibility index (Phi) is 7.68. The molecule has 0 fully saturated rings. The predicted molar refractivity (Wildman–Crippen MR) is 86.1 cm³/mol. The van der Waals surface area contributed by atoms with Crippen LogP contribution >= 0.6 is 11.8 Å². The molecule has 2 amide bonds. The van der Waals surface area contributed by atoms with Crippen molar-refractivity contribution in [2.24, 2.45) is 0 Å². The predicted octanol–water partition coefficient (Wildman–Crippen LogP) is 2.37. The highest BCUT2D eigenvalue weighted by molar-refractivity contribution is 7.98. The van der Waals surface area contributed by atoms with Gasteiger partial charge in [0.05, 0.1) is 5.56 Å². The van der Waals surface area contributed by atoms with E-state index >= 15 is 0 Å². The van der Waals surface area contributed by atoms with Crippen LogP contribution in [0.4, 0.5) is 4.79 Å². The smallest absolute Gasteiger partial charge is 0.335 e. The van der Waals surface area contributed by atoms with Crippen molar-refractivity contribution in [2.75, 3.05) is 18.6 Å². The SMILES string of the molecule is CCC(CSC)NC(=O)NCCc1ccc(C(=O)O)cc1. The lowest BCUT2D eigenvalue weighted by molar-refractivity contribution is 0.0697. The highest BCUT2D eigenvalue weighted by atomic mass is 32.2. The molecule has 0 aliphatic rings. The lowest BCUT2D eigenvalue weighted by Crippen LogP contribution is -2.43. The second kappa shape index (κ2) is 9.28. The van der Waals surface area contributed by atoms with Crippen LogP contribution in [0.3, 0.4) is 0 Å². The van der Waals surface area contributed by atoms with Crippen LogP contribution in [-0.4, -0.2) is 41.7 Å². The van der Waals surface area contributed by atoms with Crippen molar-refractivity contribution in [3.8, 4) is 0 Å². The van der Waals surface area contributed by atoms with Crippen LogP contribution in [0, 0.1) is 0 Å². The van der Waals surface area contributed by atoms with Gasteiger partial charge in [0.1, 0.15) is 0 Å². The van der Waals surface area contributed by atoms with Gasteiger partial charge in [0.2, 0.25) is 0 Å². The van der Waals surface area contributed by atoms with Crippen LogP contribution in [0.1, 0.15) is 29.3 Å². The summed E-state index contributed by atoms with van der Waals surface area (Å²) in [6.45, 7) is 2.57. The van der Waals surface area contributed by atoms with E-state index in [2.05, 4.69) is 10.6 Å². The minimum absolute atomic E-state index is 0.155. The Hall–Kier alpha value is -1.69. The molecule has 1 atom stereocenters. The summed E-state index contributed by atoms with van der Waals surface area (Å²) in [4.78, 5) is 22.4. The maximum Gasteiger partial charge on any atom is 0.335 e. The van der Waals surface area contributed by atoms with Crippen molar-refractivity contribution in [3.63, 3.8) is 0 Å². The number of hydrogen-bond donors (Lipinski definition) is 3. The number of carbonyl (C=O) groups is 2. The van der Waals surface area contributed by atoms with E-state index in [1.807, 2.05) is 13.2 Å². The molecule has 3 N–H and O–H groups in total. The summed E-state index contributed by atoms with van der Waals surface area (Å²) >= 11 is 1.71. The third-order valence-corrected chi connectivity index (χ3v) is 3.83. The molecule has 1 unspecified atom stereocenters. The molecule has 0 saturated carbocycles. The summed E-state index contributed by atoms with van der Waals surface area (Å²) in [7, 11) is 0. The Bertz CT molecular complexity index is 462. The van der Waals surface area contributed by atoms with Gasteiger partial charge in [-0.3, -0.25) is 0 Å². The quantitative estimate of drug-likeness (QED) is 0.689. The molecule has 21 heavy (non-hydrogen) atoms. The zero-order valence-corrected chi connectivity index (χ0v) is 13.2. The van der Waals surface area contributed by atoms with Crippen LogP contribution in [0.15, 0.2) is 24.3 Å². The van der Waals surface area contributed by atoms with Gasteiger partial charge in [-0.05, 0) is 36.8 Å². The average molecular weight is 310 g/mol. The molecule has 5 nitrogen and oxygen atoms in total. The molecular formula is C15H22N2O3S. The number of hydrogen-bond acceptors (Lipinski definition) is 3. The molecule has 0 aromatic heterocycles. The first-order valence-corrected chi connectivity index (χ1v) is 8.31. The summed E-state index contributed by atoms with van der Waals surface area (Å²) in [6.07, 6.45) is 3.60. The van der Waals surface area contributed by atoms with Gasteiger partial charge in [-0.1, -0.05) is 19.1 Å². The third kappa shape index (κ3) is 6.53. The number of urea groups is 1. The Labute approximate surface area is 129 Å². The van der Waals surface area contributed by atoms with E-state index in [-0.39, 0.29) is 17.6 Å². The van der Waals surface area contributed by atoms with Crippen molar-refractivity contribution in [2.45, 2.75) is 25.8 Å². The van der Waals surface area contributed by atoms with Crippen LogP contribution in [0.2, 0.25) is 0 Å². The van der Waals surface area contributed by atoms with Crippen LogP contribution in [0.5, 0.6) is 0 Å². The van der Waals surface area contributed by atoms with Crippen molar-refractivity contribution in [1.29, 1.82) is 0 Å². The largest absolute Gasteiger partial charge is 0.478 e. The minimum Gasteiger partial charge on any atom is -0.478 e. The average Bonchev–Trinajstić information content (AvgIpc) is 2.47. The number of benzene rings is 1. The van der Waals surface area contributed by atoms with Gasteiger partial charge in [0.15, 0.2) is 0 Å². The summed E-state index contributed by atoms with van der Waals surface area (Å²) in [5.41, 5.74) is 1.27. The number of nitrogens with one attached hydrogen (secondary N) is 2. The van der Waals surface area contributed by atoms with E-state index in [1.165, 1.54) is 0 Å². The fourth-order valence-corrected chi connectivity index (χ4v) is 2.55.